The highest BCUT2D eigenvalue weighted by atomic mass is 19.1. The van der Waals surface area contributed by atoms with Crippen molar-refractivity contribution in [2.45, 2.75) is 0 Å². The van der Waals surface area contributed by atoms with Crippen LogP contribution < -0.4 is 0 Å². The van der Waals surface area contributed by atoms with Crippen LogP contribution in [0.2, 0.25) is 0 Å². The van der Waals surface area contributed by atoms with Crippen LogP contribution in [0, 0.1) is 5.82 Å². The number of aromatic nitrogens is 3. The van der Waals surface area contributed by atoms with E-state index >= 15 is 0 Å². The Hall–Kier alpha value is -2.23. The summed E-state index contributed by atoms with van der Waals surface area (Å²) in [7, 11) is 0. The molecule has 0 atom stereocenters. The molecule has 0 radical (unpaired) electrons. The monoisotopic (exact) mass is 213 g/mol. The van der Waals surface area contributed by atoms with Crippen LogP contribution in [0.5, 0.6) is 0 Å². The van der Waals surface area contributed by atoms with Gasteiger partial charge in [-0.1, -0.05) is 12.1 Å². The van der Waals surface area contributed by atoms with E-state index in [1.165, 1.54) is 12.1 Å². The molecule has 78 valence electrons. The van der Waals surface area contributed by atoms with E-state index in [0.29, 0.717) is 0 Å². The lowest BCUT2D eigenvalue weighted by Gasteiger charge is -2.01. The lowest BCUT2D eigenvalue weighted by atomic mass is 10.1. The van der Waals surface area contributed by atoms with Crippen LogP contribution in [0.25, 0.3) is 16.8 Å². The summed E-state index contributed by atoms with van der Waals surface area (Å²) >= 11 is 0. The first-order valence-corrected chi connectivity index (χ1v) is 4.88. The van der Waals surface area contributed by atoms with Gasteiger partial charge in [0.25, 0.3) is 0 Å². The zero-order chi connectivity index (χ0) is 11.0. The molecule has 0 saturated carbocycles. The molecule has 0 aliphatic carbocycles. The maximum Gasteiger partial charge on any atom is 0.160 e. The average Bonchev–Trinajstić information content (AvgIpc) is 2.77. The minimum Gasteiger partial charge on any atom is -0.288 e. The number of benzene rings is 1. The van der Waals surface area contributed by atoms with Crippen molar-refractivity contribution >= 4 is 5.65 Å². The van der Waals surface area contributed by atoms with Gasteiger partial charge >= 0.3 is 0 Å². The van der Waals surface area contributed by atoms with Crippen molar-refractivity contribution in [3.63, 3.8) is 0 Å². The van der Waals surface area contributed by atoms with Crippen LogP contribution in [-0.2, 0) is 0 Å². The largest absolute Gasteiger partial charge is 0.288 e. The van der Waals surface area contributed by atoms with Crippen molar-refractivity contribution < 1.29 is 4.39 Å². The van der Waals surface area contributed by atoms with Gasteiger partial charge in [0, 0.05) is 6.20 Å². The van der Waals surface area contributed by atoms with Crippen LogP contribution in [0.1, 0.15) is 0 Å². The summed E-state index contributed by atoms with van der Waals surface area (Å²) < 4.78 is 14.6. The highest BCUT2D eigenvalue weighted by Gasteiger charge is 2.00. The summed E-state index contributed by atoms with van der Waals surface area (Å²) in [5.74, 6) is -0.228. The zero-order valence-corrected chi connectivity index (χ0v) is 8.34. The van der Waals surface area contributed by atoms with E-state index in [1.54, 1.807) is 18.5 Å². The smallest absolute Gasteiger partial charge is 0.160 e. The minimum absolute atomic E-state index is 0.228. The van der Waals surface area contributed by atoms with Crippen molar-refractivity contribution in [3.8, 4) is 11.1 Å². The van der Waals surface area contributed by atoms with Gasteiger partial charge in [0.05, 0.1) is 0 Å². The van der Waals surface area contributed by atoms with E-state index in [2.05, 4.69) is 10.2 Å². The second kappa shape index (κ2) is 3.41. The SMILES string of the molecule is Fc1ccc(-c2ccc3nncn3c2)cc1. The highest BCUT2D eigenvalue weighted by molar-refractivity contribution is 5.64. The van der Waals surface area contributed by atoms with Crippen molar-refractivity contribution in [1.29, 1.82) is 0 Å². The van der Waals surface area contributed by atoms with E-state index in [-0.39, 0.29) is 5.82 Å². The Morgan fingerprint density at radius 3 is 2.50 bits per heavy atom. The summed E-state index contributed by atoms with van der Waals surface area (Å²) in [5, 5.41) is 7.72. The number of rotatable bonds is 1. The van der Waals surface area contributed by atoms with Gasteiger partial charge < -0.3 is 0 Å². The maximum atomic E-state index is 12.8. The first-order chi connectivity index (χ1) is 7.83. The fourth-order valence-electron chi connectivity index (χ4n) is 1.64. The third-order valence-electron chi connectivity index (χ3n) is 2.47. The third-order valence-corrected chi connectivity index (χ3v) is 2.47. The fraction of sp³-hybridized carbons (Fsp3) is 0. The molecule has 0 saturated heterocycles. The summed E-state index contributed by atoms with van der Waals surface area (Å²) in [6.07, 6.45) is 3.56. The molecule has 0 N–H and O–H groups in total. The predicted octanol–water partition coefficient (Wildman–Crippen LogP) is 2.54. The van der Waals surface area contributed by atoms with E-state index < -0.39 is 0 Å². The van der Waals surface area contributed by atoms with E-state index in [4.69, 9.17) is 0 Å². The molecule has 0 aliphatic heterocycles. The van der Waals surface area contributed by atoms with E-state index in [0.717, 1.165) is 16.8 Å². The van der Waals surface area contributed by atoms with Crippen molar-refractivity contribution in [1.82, 2.24) is 14.6 Å². The Bertz CT molecular complexity index is 628. The quantitative estimate of drug-likeness (QED) is 0.621. The minimum atomic E-state index is -0.228. The van der Waals surface area contributed by atoms with Gasteiger partial charge in [-0.25, -0.2) is 4.39 Å². The van der Waals surface area contributed by atoms with Gasteiger partial charge in [-0.2, -0.15) is 0 Å². The standard InChI is InChI=1S/C12H8FN3/c13-11-4-1-9(2-5-11)10-3-6-12-15-14-8-16(12)7-10/h1-8H. The Balaban J connectivity index is 2.14. The number of hydrogen-bond donors (Lipinski definition) is 0. The normalized spacial score (nSPS) is 10.8. The first kappa shape index (κ1) is 9.03. The molecule has 4 heteroatoms. The van der Waals surface area contributed by atoms with Crippen LogP contribution in [-0.4, -0.2) is 14.6 Å². The van der Waals surface area contributed by atoms with Crippen molar-refractivity contribution in [2.75, 3.05) is 0 Å². The lowest BCUT2D eigenvalue weighted by molar-refractivity contribution is 0.628. The van der Waals surface area contributed by atoms with Crippen molar-refractivity contribution in [2.24, 2.45) is 0 Å². The second-order valence-electron chi connectivity index (χ2n) is 3.52. The first-order valence-electron chi connectivity index (χ1n) is 4.88. The summed E-state index contributed by atoms with van der Waals surface area (Å²) in [6, 6.07) is 10.2. The molecule has 2 heterocycles. The van der Waals surface area contributed by atoms with Crippen LogP contribution in [0.4, 0.5) is 4.39 Å². The highest BCUT2D eigenvalue weighted by Crippen LogP contribution is 2.19. The summed E-state index contributed by atoms with van der Waals surface area (Å²) in [5.41, 5.74) is 2.77. The molecule has 3 rings (SSSR count). The Kier molecular flexibility index (Phi) is 1.93. The fourth-order valence-corrected chi connectivity index (χ4v) is 1.64. The average molecular weight is 213 g/mol. The molecule has 0 bridgehead atoms. The predicted molar refractivity (Wildman–Crippen MR) is 58.4 cm³/mol. The molecular formula is C12H8FN3. The Labute approximate surface area is 91.2 Å². The van der Waals surface area contributed by atoms with Gasteiger partial charge in [0.1, 0.15) is 12.1 Å². The zero-order valence-electron chi connectivity index (χ0n) is 8.34. The van der Waals surface area contributed by atoms with Gasteiger partial charge in [0.2, 0.25) is 0 Å². The third kappa shape index (κ3) is 1.44. The molecule has 2 aromatic heterocycles. The molecule has 16 heavy (non-hydrogen) atoms. The molecule has 1 aromatic carbocycles. The van der Waals surface area contributed by atoms with Crippen molar-refractivity contribution in [3.05, 3.63) is 54.7 Å². The van der Waals surface area contributed by atoms with E-state index in [1.807, 2.05) is 22.7 Å². The van der Waals surface area contributed by atoms with Gasteiger partial charge in [0.15, 0.2) is 5.65 Å². The van der Waals surface area contributed by atoms with Crippen LogP contribution in [0.15, 0.2) is 48.9 Å². The number of pyridine rings is 1. The molecule has 3 aromatic rings. The Morgan fingerprint density at radius 2 is 1.69 bits per heavy atom. The number of halogens is 1. The van der Waals surface area contributed by atoms with Gasteiger partial charge in [-0.3, -0.25) is 4.40 Å². The number of fused-ring (bicyclic) bond motifs is 1. The van der Waals surface area contributed by atoms with E-state index in [9.17, 15) is 4.39 Å². The van der Waals surface area contributed by atoms with Gasteiger partial charge in [-0.05, 0) is 35.4 Å². The molecule has 3 nitrogen and oxygen atoms in total. The molecule has 0 amide bonds. The van der Waals surface area contributed by atoms with Crippen LogP contribution in [0.3, 0.4) is 0 Å². The summed E-state index contributed by atoms with van der Waals surface area (Å²) in [4.78, 5) is 0. The summed E-state index contributed by atoms with van der Waals surface area (Å²) in [6.45, 7) is 0. The topological polar surface area (TPSA) is 30.2 Å². The molecule has 0 fully saturated rings. The van der Waals surface area contributed by atoms with Gasteiger partial charge in [-0.15, -0.1) is 10.2 Å². The molecular weight excluding hydrogens is 205 g/mol. The molecule has 0 unspecified atom stereocenters. The molecule has 0 aliphatic rings. The molecule has 0 spiro atoms. The number of nitrogens with zero attached hydrogens (tertiary/aromatic N) is 3. The second-order valence-corrected chi connectivity index (χ2v) is 3.52. The maximum absolute atomic E-state index is 12.8. The number of hydrogen-bond acceptors (Lipinski definition) is 2. The Morgan fingerprint density at radius 1 is 0.938 bits per heavy atom. The lowest BCUT2D eigenvalue weighted by Crippen LogP contribution is -1.85. The van der Waals surface area contributed by atoms with Crippen LogP contribution >= 0.6 is 0 Å².